The molecule has 146 valence electrons. The lowest BCUT2D eigenvalue weighted by Crippen LogP contribution is -2.18. The van der Waals surface area contributed by atoms with Gasteiger partial charge in [-0.1, -0.05) is 23.7 Å². The summed E-state index contributed by atoms with van der Waals surface area (Å²) in [6.07, 6.45) is 1.55. The number of amides is 1. The molecule has 1 aromatic heterocycles. The van der Waals surface area contributed by atoms with Crippen LogP contribution in [-0.4, -0.2) is 10.9 Å². The first-order valence-electron chi connectivity index (χ1n) is 9.27. The molecule has 0 bridgehead atoms. The van der Waals surface area contributed by atoms with Gasteiger partial charge in [-0.15, -0.1) is 0 Å². The van der Waals surface area contributed by atoms with E-state index in [0.29, 0.717) is 22.0 Å². The molecule has 3 rings (SSSR count). The van der Waals surface area contributed by atoms with Crippen LogP contribution < -0.4 is 5.32 Å². The molecule has 5 heteroatoms. The Morgan fingerprint density at radius 1 is 1.10 bits per heavy atom. The Kier molecular flexibility index (Phi) is 5.72. The molecule has 29 heavy (non-hydrogen) atoms. The summed E-state index contributed by atoms with van der Waals surface area (Å²) in [5.41, 5.74) is 5.12. The van der Waals surface area contributed by atoms with Gasteiger partial charge in [0.15, 0.2) is 0 Å². The molecule has 0 unspecified atom stereocenters. The van der Waals surface area contributed by atoms with Crippen LogP contribution in [0.2, 0.25) is 5.02 Å². The fourth-order valence-electron chi connectivity index (χ4n) is 3.08. The molecule has 1 amide bonds. The second-order valence-electron chi connectivity index (χ2n) is 7.67. The minimum Gasteiger partial charge on any atom is -0.322 e. The number of carbonyl (C=O) groups is 1. The lowest BCUT2D eigenvalue weighted by Gasteiger charge is -2.15. The van der Waals surface area contributed by atoms with Crippen LogP contribution in [0.1, 0.15) is 41.0 Å². The van der Waals surface area contributed by atoms with Crippen molar-refractivity contribution in [3.8, 4) is 17.2 Å². The summed E-state index contributed by atoms with van der Waals surface area (Å²) in [4.78, 5) is 17.0. The van der Waals surface area contributed by atoms with Crippen molar-refractivity contribution in [3.05, 3.63) is 82.1 Å². The van der Waals surface area contributed by atoms with E-state index in [0.717, 1.165) is 22.3 Å². The van der Waals surface area contributed by atoms with Crippen LogP contribution in [0.25, 0.3) is 11.1 Å². The number of carbonyl (C=O) groups excluding carboxylic acids is 1. The second-order valence-corrected chi connectivity index (χ2v) is 8.10. The van der Waals surface area contributed by atoms with Crippen molar-refractivity contribution in [2.24, 2.45) is 0 Å². The molecule has 0 saturated carbocycles. The number of hydrogen-bond acceptors (Lipinski definition) is 3. The predicted octanol–water partition coefficient (Wildman–Crippen LogP) is 6.07. The van der Waals surface area contributed by atoms with Gasteiger partial charge >= 0.3 is 0 Å². The molecule has 0 aliphatic heterocycles. The van der Waals surface area contributed by atoms with Gasteiger partial charge in [0.25, 0.3) is 5.91 Å². The smallest absolute Gasteiger partial charge is 0.255 e. The first-order valence-corrected chi connectivity index (χ1v) is 9.65. The monoisotopic (exact) mass is 403 g/mol. The first-order chi connectivity index (χ1) is 13.7. The number of halogens is 1. The zero-order chi connectivity index (χ0) is 21.2. The molecule has 0 spiro atoms. The molecule has 0 radical (unpaired) electrons. The topological polar surface area (TPSA) is 65.8 Å². The molecule has 1 N–H and O–H groups in total. The number of benzene rings is 2. The highest BCUT2D eigenvalue weighted by Gasteiger charge is 2.22. The number of nitrogens with zero attached hydrogens (tertiary/aromatic N) is 2. The zero-order valence-electron chi connectivity index (χ0n) is 16.9. The maximum Gasteiger partial charge on any atom is 0.255 e. The molecule has 0 aliphatic carbocycles. The third kappa shape index (κ3) is 4.64. The maximum atomic E-state index is 12.8. The molecule has 3 aromatic rings. The third-order valence-electron chi connectivity index (χ3n) is 4.79. The summed E-state index contributed by atoms with van der Waals surface area (Å²) >= 11 is 6.22. The van der Waals surface area contributed by atoms with Gasteiger partial charge in [0.05, 0.1) is 17.2 Å². The largest absolute Gasteiger partial charge is 0.322 e. The van der Waals surface area contributed by atoms with E-state index in [4.69, 9.17) is 11.6 Å². The first kappa shape index (κ1) is 20.6. The number of nitriles is 1. The Bertz CT molecular complexity index is 1110. The van der Waals surface area contributed by atoms with Gasteiger partial charge in [0.2, 0.25) is 0 Å². The molecule has 1 heterocycles. The predicted molar refractivity (Wildman–Crippen MR) is 117 cm³/mol. The third-order valence-corrected chi connectivity index (χ3v) is 5.01. The van der Waals surface area contributed by atoms with Crippen LogP contribution in [0, 0.1) is 25.2 Å². The Balaban J connectivity index is 1.91. The van der Waals surface area contributed by atoms with Crippen molar-refractivity contribution in [2.45, 2.75) is 33.1 Å². The van der Waals surface area contributed by atoms with Gasteiger partial charge in [-0.25, -0.2) is 0 Å². The highest BCUT2D eigenvalue weighted by molar-refractivity contribution is 6.31. The molecule has 0 aliphatic rings. The zero-order valence-corrected chi connectivity index (χ0v) is 17.6. The van der Waals surface area contributed by atoms with E-state index in [1.54, 1.807) is 32.2 Å². The summed E-state index contributed by atoms with van der Waals surface area (Å²) in [6, 6.07) is 17.2. The number of nitrogens with one attached hydrogen (secondary N) is 1. The van der Waals surface area contributed by atoms with Crippen molar-refractivity contribution in [1.29, 1.82) is 5.26 Å². The molecular weight excluding hydrogens is 382 g/mol. The van der Waals surface area contributed by atoms with Gasteiger partial charge in [0, 0.05) is 22.5 Å². The summed E-state index contributed by atoms with van der Waals surface area (Å²) in [7, 11) is 0. The minimum atomic E-state index is -0.766. The van der Waals surface area contributed by atoms with Crippen molar-refractivity contribution in [1.82, 2.24) is 4.98 Å². The van der Waals surface area contributed by atoms with Crippen LogP contribution in [0.15, 0.2) is 54.7 Å². The van der Waals surface area contributed by atoms with E-state index in [-0.39, 0.29) is 5.91 Å². The lowest BCUT2D eigenvalue weighted by atomic mass is 9.90. The summed E-state index contributed by atoms with van der Waals surface area (Å²) in [6.45, 7) is 7.57. The van der Waals surface area contributed by atoms with Gasteiger partial charge in [-0.2, -0.15) is 5.26 Å². The van der Waals surface area contributed by atoms with E-state index >= 15 is 0 Å². The fraction of sp³-hybridized carbons (Fsp3) is 0.208. The SMILES string of the molecule is Cc1cc(Cl)cc(-c2cc(NC(=O)c3ccnc(C(C)(C)C#N)c3)ccc2C)c1. The average Bonchev–Trinajstić information content (AvgIpc) is 2.68. The highest BCUT2D eigenvalue weighted by atomic mass is 35.5. The van der Waals surface area contributed by atoms with E-state index in [2.05, 4.69) is 22.4 Å². The molecule has 4 nitrogen and oxygen atoms in total. The Hall–Kier alpha value is -3.16. The van der Waals surface area contributed by atoms with Crippen LogP contribution in [0.4, 0.5) is 5.69 Å². The van der Waals surface area contributed by atoms with Crippen molar-refractivity contribution < 1.29 is 4.79 Å². The van der Waals surface area contributed by atoms with Crippen LogP contribution in [0.3, 0.4) is 0 Å². The van der Waals surface area contributed by atoms with Crippen molar-refractivity contribution in [3.63, 3.8) is 0 Å². The molecule has 2 aromatic carbocycles. The Morgan fingerprint density at radius 2 is 1.86 bits per heavy atom. The van der Waals surface area contributed by atoms with Gasteiger partial charge in [-0.05, 0) is 86.3 Å². The minimum absolute atomic E-state index is 0.250. The molecule has 0 fully saturated rings. The van der Waals surface area contributed by atoms with E-state index in [1.165, 1.54) is 0 Å². The standard InChI is InChI=1S/C24H22ClN3O/c1-15-9-18(11-19(25)10-15)21-13-20(6-5-16(21)2)28-23(29)17-7-8-27-22(12-17)24(3,4)14-26/h5-13H,1-4H3,(H,28,29). The lowest BCUT2D eigenvalue weighted by molar-refractivity contribution is 0.102. The summed E-state index contributed by atoms with van der Waals surface area (Å²) in [5.74, 6) is -0.250. The highest BCUT2D eigenvalue weighted by Crippen LogP contribution is 2.30. The van der Waals surface area contributed by atoms with E-state index in [1.807, 2.05) is 44.2 Å². The molecule has 0 atom stereocenters. The van der Waals surface area contributed by atoms with E-state index < -0.39 is 5.41 Å². The summed E-state index contributed by atoms with van der Waals surface area (Å²) < 4.78 is 0. The number of aryl methyl sites for hydroxylation is 2. The maximum absolute atomic E-state index is 12.8. The van der Waals surface area contributed by atoms with E-state index in [9.17, 15) is 10.1 Å². The van der Waals surface area contributed by atoms with Crippen LogP contribution in [0.5, 0.6) is 0 Å². The Labute approximate surface area is 176 Å². The number of aromatic nitrogens is 1. The normalized spacial score (nSPS) is 11.0. The molecule has 0 saturated heterocycles. The number of pyridine rings is 1. The fourth-order valence-corrected chi connectivity index (χ4v) is 3.37. The van der Waals surface area contributed by atoms with Gasteiger partial charge in [-0.3, -0.25) is 9.78 Å². The van der Waals surface area contributed by atoms with Crippen molar-refractivity contribution in [2.75, 3.05) is 5.32 Å². The number of hydrogen-bond donors (Lipinski definition) is 1. The number of rotatable bonds is 4. The number of anilines is 1. The second kappa shape index (κ2) is 8.06. The van der Waals surface area contributed by atoms with Gasteiger partial charge < -0.3 is 5.32 Å². The molecular formula is C24H22ClN3O. The van der Waals surface area contributed by atoms with Crippen molar-refractivity contribution >= 4 is 23.2 Å². The van der Waals surface area contributed by atoms with Crippen LogP contribution >= 0.6 is 11.6 Å². The average molecular weight is 404 g/mol. The van der Waals surface area contributed by atoms with Gasteiger partial charge in [0.1, 0.15) is 0 Å². The quantitative estimate of drug-likeness (QED) is 0.574. The summed E-state index contributed by atoms with van der Waals surface area (Å²) in [5, 5.41) is 12.9. The van der Waals surface area contributed by atoms with Crippen LogP contribution in [-0.2, 0) is 5.41 Å². The Morgan fingerprint density at radius 3 is 2.55 bits per heavy atom.